The molecule has 0 fully saturated rings. The van der Waals surface area contributed by atoms with Crippen LogP contribution in [-0.4, -0.2) is 20.2 Å². The zero-order valence-electron chi connectivity index (χ0n) is 6.50. The van der Waals surface area contributed by atoms with Crippen LogP contribution >= 0.6 is 11.6 Å². The van der Waals surface area contributed by atoms with E-state index in [4.69, 9.17) is 11.6 Å². The Kier molecular flexibility index (Phi) is 3.29. The molecule has 0 spiro atoms. The quantitative estimate of drug-likeness (QED) is 0.650. The minimum absolute atomic E-state index is 0.224. The Morgan fingerprint density at radius 3 is 2.82 bits per heavy atom. The lowest BCUT2D eigenvalue weighted by atomic mass is 10.2. The van der Waals surface area contributed by atoms with Crippen LogP contribution in [-0.2, 0) is 6.54 Å². The van der Waals surface area contributed by atoms with Gasteiger partial charge >= 0.3 is 0 Å². The fourth-order valence-corrected chi connectivity index (χ4v) is 0.943. The van der Waals surface area contributed by atoms with Crippen LogP contribution in [0.5, 0.6) is 0 Å². The molecular formula is C6H11ClN4. The first-order chi connectivity index (χ1) is 5.33. The van der Waals surface area contributed by atoms with E-state index in [2.05, 4.69) is 22.3 Å². The molecule has 0 aromatic carbocycles. The molecule has 1 heterocycles. The minimum atomic E-state index is 0.224. The molecule has 11 heavy (non-hydrogen) atoms. The van der Waals surface area contributed by atoms with E-state index >= 15 is 0 Å². The summed E-state index contributed by atoms with van der Waals surface area (Å²) in [5.74, 6) is 0. The molecule has 0 aliphatic carbocycles. The molecule has 0 radical (unpaired) electrons. The Hall–Kier alpha value is -0.640. The molecule has 5 heteroatoms. The number of tetrazole rings is 1. The van der Waals surface area contributed by atoms with Crippen molar-refractivity contribution in [2.24, 2.45) is 0 Å². The lowest BCUT2D eigenvalue weighted by molar-refractivity contribution is 0.486. The molecule has 0 N–H and O–H groups in total. The third-order valence-corrected chi connectivity index (χ3v) is 1.54. The van der Waals surface area contributed by atoms with Gasteiger partial charge in [0, 0.05) is 0 Å². The zero-order chi connectivity index (χ0) is 8.10. The highest BCUT2D eigenvalue weighted by Gasteiger charge is 1.96. The number of aryl methyl sites for hydroxylation is 1. The normalized spacial score (nSPS) is 10.4. The van der Waals surface area contributed by atoms with Crippen LogP contribution in [0.25, 0.3) is 0 Å². The van der Waals surface area contributed by atoms with Gasteiger partial charge in [-0.2, -0.15) is 4.80 Å². The highest BCUT2D eigenvalue weighted by Crippen LogP contribution is 1.98. The van der Waals surface area contributed by atoms with Crippen molar-refractivity contribution in [2.45, 2.75) is 32.7 Å². The standard InChI is InChI=1S/C6H11ClN4/c1-2-3-4-5-11-9-6(7)8-10-11/h2-5H2,1H3. The van der Waals surface area contributed by atoms with Crippen LogP contribution in [0.2, 0.25) is 5.28 Å². The summed E-state index contributed by atoms with van der Waals surface area (Å²) in [6.07, 6.45) is 3.48. The highest BCUT2D eigenvalue weighted by molar-refractivity contribution is 6.28. The van der Waals surface area contributed by atoms with Gasteiger partial charge in [0.2, 0.25) is 0 Å². The van der Waals surface area contributed by atoms with Crippen LogP contribution in [0, 0.1) is 0 Å². The maximum atomic E-state index is 5.47. The third kappa shape index (κ3) is 2.84. The monoisotopic (exact) mass is 174 g/mol. The van der Waals surface area contributed by atoms with Gasteiger partial charge in [-0.3, -0.25) is 0 Å². The summed E-state index contributed by atoms with van der Waals surface area (Å²) >= 11 is 5.47. The molecule has 0 atom stereocenters. The van der Waals surface area contributed by atoms with Gasteiger partial charge in [0.05, 0.1) is 6.54 Å². The molecule has 1 rings (SSSR count). The molecule has 4 nitrogen and oxygen atoms in total. The van der Waals surface area contributed by atoms with Crippen molar-refractivity contribution in [3.05, 3.63) is 5.28 Å². The Balaban J connectivity index is 2.27. The summed E-state index contributed by atoms with van der Waals surface area (Å²) in [6, 6.07) is 0. The van der Waals surface area contributed by atoms with Crippen molar-refractivity contribution < 1.29 is 0 Å². The molecule has 0 saturated carbocycles. The highest BCUT2D eigenvalue weighted by atomic mass is 35.5. The Morgan fingerprint density at radius 1 is 1.45 bits per heavy atom. The molecule has 0 unspecified atom stereocenters. The largest absolute Gasteiger partial charge is 0.264 e. The number of rotatable bonds is 4. The second-order valence-corrected chi connectivity index (χ2v) is 2.70. The van der Waals surface area contributed by atoms with Gasteiger partial charge in [0.15, 0.2) is 0 Å². The fourth-order valence-electron chi connectivity index (χ4n) is 0.822. The van der Waals surface area contributed by atoms with Crippen LogP contribution in [0.4, 0.5) is 0 Å². The lowest BCUT2D eigenvalue weighted by Gasteiger charge is -1.94. The van der Waals surface area contributed by atoms with Crippen molar-refractivity contribution in [3.63, 3.8) is 0 Å². The smallest absolute Gasteiger partial charge is 0.163 e. The van der Waals surface area contributed by atoms with Gasteiger partial charge in [-0.25, -0.2) is 0 Å². The summed E-state index contributed by atoms with van der Waals surface area (Å²) < 4.78 is 0. The number of halogens is 1. The molecule has 0 bridgehead atoms. The summed E-state index contributed by atoms with van der Waals surface area (Å²) in [7, 11) is 0. The van der Waals surface area contributed by atoms with Crippen molar-refractivity contribution in [1.82, 2.24) is 20.2 Å². The first kappa shape index (κ1) is 8.46. The molecule has 1 aromatic heterocycles. The second-order valence-electron chi connectivity index (χ2n) is 2.36. The van der Waals surface area contributed by atoms with E-state index in [9.17, 15) is 0 Å². The van der Waals surface area contributed by atoms with Crippen LogP contribution < -0.4 is 0 Å². The molecule has 1 aromatic rings. The first-order valence-corrected chi connectivity index (χ1v) is 4.14. The van der Waals surface area contributed by atoms with Gasteiger partial charge in [-0.15, -0.1) is 5.10 Å². The van der Waals surface area contributed by atoms with Crippen LogP contribution in [0.3, 0.4) is 0 Å². The van der Waals surface area contributed by atoms with Crippen molar-refractivity contribution in [3.8, 4) is 0 Å². The molecule has 62 valence electrons. The van der Waals surface area contributed by atoms with E-state index in [0.717, 1.165) is 13.0 Å². The van der Waals surface area contributed by atoms with E-state index < -0.39 is 0 Å². The number of aromatic nitrogens is 4. The van der Waals surface area contributed by atoms with Gasteiger partial charge in [-0.1, -0.05) is 24.9 Å². The second kappa shape index (κ2) is 4.28. The maximum Gasteiger partial charge on any atom is 0.264 e. The molecule has 0 saturated heterocycles. The maximum absolute atomic E-state index is 5.47. The van der Waals surface area contributed by atoms with E-state index in [1.165, 1.54) is 17.6 Å². The van der Waals surface area contributed by atoms with Gasteiger partial charge in [-0.05, 0) is 23.2 Å². The summed E-state index contributed by atoms with van der Waals surface area (Å²) in [5.41, 5.74) is 0. The van der Waals surface area contributed by atoms with Gasteiger partial charge in [0.1, 0.15) is 0 Å². The van der Waals surface area contributed by atoms with E-state index in [-0.39, 0.29) is 5.28 Å². The van der Waals surface area contributed by atoms with Crippen molar-refractivity contribution in [2.75, 3.05) is 0 Å². The molecule has 0 aliphatic rings. The van der Waals surface area contributed by atoms with Gasteiger partial charge in [0.25, 0.3) is 5.28 Å². The summed E-state index contributed by atoms with van der Waals surface area (Å²) in [6.45, 7) is 2.97. The Labute approximate surface area is 70.5 Å². The topological polar surface area (TPSA) is 43.6 Å². The number of nitrogens with zero attached hydrogens (tertiary/aromatic N) is 4. The number of unbranched alkanes of at least 4 members (excludes halogenated alkanes) is 2. The van der Waals surface area contributed by atoms with Crippen molar-refractivity contribution >= 4 is 11.6 Å². The summed E-state index contributed by atoms with van der Waals surface area (Å²) in [5, 5.41) is 11.3. The first-order valence-electron chi connectivity index (χ1n) is 3.76. The molecular weight excluding hydrogens is 164 g/mol. The van der Waals surface area contributed by atoms with E-state index in [1.54, 1.807) is 0 Å². The third-order valence-electron chi connectivity index (χ3n) is 1.39. The number of hydrogen-bond donors (Lipinski definition) is 0. The SMILES string of the molecule is CCCCCn1nnc(Cl)n1. The summed E-state index contributed by atoms with van der Waals surface area (Å²) in [4.78, 5) is 1.53. The van der Waals surface area contributed by atoms with Crippen molar-refractivity contribution in [1.29, 1.82) is 0 Å². The average molecular weight is 175 g/mol. The average Bonchev–Trinajstić information content (AvgIpc) is 2.37. The Bertz CT molecular complexity index is 210. The molecule has 0 amide bonds. The predicted octanol–water partition coefficient (Wildman–Crippen LogP) is 1.52. The van der Waals surface area contributed by atoms with Crippen LogP contribution in [0.1, 0.15) is 26.2 Å². The number of hydrogen-bond acceptors (Lipinski definition) is 3. The van der Waals surface area contributed by atoms with E-state index in [1.807, 2.05) is 0 Å². The molecule has 0 aliphatic heterocycles. The van der Waals surface area contributed by atoms with Gasteiger partial charge < -0.3 is 0 Å². The fraction of sp³-hybridized carbons (Fsp3) is 0.833. The van der Waals surface area contributed by atoms with E-state index in [0.29, 0.717) is 0 Å². The predicted molar refractivity (Wildman–Crippen MR) is 42.4 cm³/mol. The zero-order valence-corrected chi connectivity index (χ0v) is 7.25. The lowest BCUT2D eigenvalue weighted by Crippen LogP contribution is -2.02. The van der Waals surface area contributed by atoms with Crippen LogP contribution in [0.15, 0.2) is 0 Å². The Morgan fingerprint density at radius 2 is 2.27 bits per heavy atom. The minimum Gasteiger partial charge on any atom is -0.163 e.